The Balaban J connectivity index is 0. The van der Waals surface area contributed by atoms with Crippen LogP contribution in [0, 0.1) is 0 Å². The molecule has 9 nitrogen and oxygen atoms in total. The summed E-state index contributed by atoms with van der Waals surface area (Å²) in [5.74, 6) is -2.78. The number of carboxylic acid groups (broad SMARTS) is 2. The van der Waals surface area contributed by atoms with Crippen molar-refractivity contribution >= 4 is 12.1 Å². The van der Waals surface area contributed by atoms with Crippen LogP contribution in [0.1, 0.15) is 0 Å². The fourth-order valence-electron chi connectivity index (χ4n) is 0.823. The Hall–Kier alpha value is -1.00. The molecule has 1 aliphatic heterocycles. The summed E-state index contributed by atoms with van der Waals surface area (Å²) in [4.78, 5) is 19.0. The van der Waals surface area contributed by atoms with E-state index in [-0.39, 0.29) is 29.6 Å². The summed E-state index contributed by atoms with van der Waals surface area (Å²) >= 11 is 0. The summed E-state index contributed by atoms with van der Waals surface area (Å²) in [5, 5.41) is 50.4. The third-order valence-corrected chi connectivity index (χ3v) is 1.48. The van der Waals surface area contributed by atoms with Crippen LogP contribution < -0.4 is 34.7 Å². The average molecular weight is 260 g/mol. The van der Waals surface area contributed by atoms with Gasteiger partial charge in [0.15, 0.2) is 11.9 Å². The van der Waals surface area contributed by atoms with E-state index in [1.54, 1.807) is 0 Å². The van der Waals surface area contributed by atoms with E-state index in [1.807, 2.05) is 0 Å². The Labute approximate surface area is 117 Å². The van der Waals surface area contributed by atoms with Gasteiger partial charge in [0.05, 0.1) is 6.61 Å². The van der Waals surface area contributed by atoms with Crippen LogP contribution >= 0.6 is 0 Å². The normalized spacial score (nSPS) is 19.6. The topological polar surface area (TPSA) is 168 Å². The van der Waals surface area contributed by atoms with Crippen molar-refractivity contribution in [3.05, 3.63) is 11.5 Å². The molecule has 0 aromatic carbocycles. The predicted octanol–water partition coefficient (Wildman–Crippen LogP) is -5.52. The minimum absolute atomic E-state index is 0. The Kier molecular flexibility index (Phi) is 8.80. The molecule has 1 heterocycles. The molecular weight excluding hydrogens is 251 g/mol. The molecule has 1 rings (SSSR count). The number of carbonyl (C=O) groups is 2. The number of hydrogen-bond donors (Lipinski definition) is 5. The van der Waals surface area contributed by atoms with Crippen molar-refractivity contribution in [1.29, 1.82) is 0 Å². The van der Waals surface area contributed by atoms with Gasteiger partial charge in [0, 0.05) is 0 Å². The van der Waals surface area contributed by atoms with Crippen LogP contribution in [0.25, 0.3) is 0 Å². The van der Waals surface area contributed by atoms with Crippen molar-refractivity contribution < 1.29 is 74.5 Å². The Bertz CT molecular complexity index is 308. The molecule has 0 bridgehead atoms. The smallest absolute Gasteiger partial charge is 0.565 e. The zero-order valence-electron chi connectivity index (χ0n) is 8.73. The second-order valence-electron chi connectivity index (χ2n) is 2.58. The first-order chi connectivity index (χ1) is 7.31. The van der Waals surface area contributed by atoms with Crippen LogP contribution in [-0.2, 0) is 9.53 Å². The molecule has 0 aromatic heterocycles. The fourth-order valence-corrected chi connectivity index (χ4v) is 0.823. The van der Waals surface area contributed by atoms with Crippen molar-refractivity contribution in [1.82, 2.24) is 0 Å². The third-order valence-electron chi connectivity index (χ3n) is 1.48. The molecule has 2 atom stereocenters. The minimum atomic E-state index is -2.08. The van der Waals surface area contributed by atoms with Gasteiger partial charge in [0.2, 0.25) is 11.9 Å². The Morgan fingerprint density at radius 2 is 1.88 bits per heavy atom. The number of aliphatic hydroxyl groups excluding tert-OH is 4. The summed E-state index contributed by atoms with van der Waals surface area (Å²) in [6, 6.07) is 0. The predicted molar refractivity (Wildman–Crippen MR) is 43.3 cm³/mol. The van der Waals surface area contributed by atoms with Crippen LogP contribution in [0.4, 0.5) is 4.79 Å². The van der Waals surface area contributed by atoms with Gasteiger partial charge in [-0.1, -0.05) is 0 Å². The number of cyclic esters (lactones) is 1. The summed E-state index contributed by atoms with van der Waals surface area (Å²) in [6.07, 6.45) is -4.86. The second-order valence-corrected chi connectivity index (χ2v) is 2.58. The standard InChI is InChI=1S/C6H8O6.CH2O3.Na/c7-1-2(8)5-3(9)4(10)6(11)12-5;2-1(3)4;/h2,5,7-10H,1H2;(H2,2,3,4);/q;;+1/p-1/t2-,5+;;/m0../s1. The van der Waals surface area contributed by atoms with E-state index in [1.165, 1.54) is 0 Å². The summed E-state index contributed by atoms with van der Waals surface area (Å²) < 4.78 is 4.32. The quantitative estimate of drug-likeness (QED) is 0.240. The van der Waals surface area contributed by atoms with Gasteiger partial charge in [-0.25, -0.2) is 4.79 Å². The van der Waals surface area contributed by atoms with Gasteiger partial charge >= 0.3 is 35.5 Å². The van der Waals surface area contributed by atoms with Gasteiger partial charge in [-0.05, 0) is 0 Å². The molecule has 5 N–H and O–H groups in total. The van der Waals surface area contributed by atoms with E-state index in [0.29, 0.717) is 0 Å². The molecule has 1 aliphatic rings. The molecule has 10 heteroatoms. The van der Waals surface area contributed by atoms with Crippen molar-refractivity contribution in [2.24, 2.45) is 0 Å². The van der Waals surface area contributed by atoms with Crippen molar-refractivity contribution in [2.45, 2.75) is 12.2 Å². The van der Waals surface area contributed by atoms with Gasteiger partial charge in [0.1, 0.15) is 6.10 Å². The second kappa shape index (κ2) is 8.14. The number of aliphatic hydroxyl groups is 4. The van der Waals surface area contributed by atoms with Gasteiger partial charge in [-0.15, -0.1) is 0 Å². The van der Waals surface area contributed by atoms with Crippen LogP contribution in [0.2, 0.25) is 0 Å². The molecule has 0 fully saturated rings. The zero-order chi connectivity index (χ0) is 12.9. The molecule has 0 radical (unpaired) electrons. The SMILES string of the molecule is O=C([O-])O.O=C1O[C@H]([C@@H](O)CO)C(O)=C1O.[Na+]. The average Bonchev–Trinajstić information content (AvgIpc) is 2.44. The van der Waals surface area contributed by atoms with E-state index in [0.717, 1.165) is 0 Å². The zero-order valence-corrected chi connectivity index (χ0v) is 10.7. The van der Waals surface area contributed by atoms with Crippen LogP contribution in [0.3, 0.4) is 0 Å². The van der Waals surface area contributed by atoms with Crippen molar-refractivity contribution in [3.8, 4) is 0 Å². The molecule has 0 amide bonds. The van der Waals surface area contributed by atoms with Crippen LogP contribution in [-0.4, -0.2) is 56.5 Å². The first-order valence-corrected chi connectivity index (χ1v) is 3.83. The largest absolute Gasteiger partial charge is 1.00 e. The molecule has 0 aliphatic carbocycles. The summed E-state index contributed by atoms with van der Waals surface area (Å²) in [7, 11) is 0. The monoisotopic (exact) mass is 260 g/mol. The number of hydrogen-bond acceptors (Lipinski definition) is 8. The molecule has 0 unspecified atom stereocenters. The van der Waals surface area contributed by atoms with E-state index < -0.39 is 42.5 Å². The molecule has 0 spiro atoms. The minimum Gasteiger partial charge on any atom is -0.565 e. The molecule has 92 valence electrons. The van der Waals surface area contributed by atoms with Crippen molar-refractivity contribution in [3.63, 3.8) is 0 Å². The molecular formula is C7H9NaO9. The number of carbonyl (C=O) groups excluding carboxylic acids is 1. The van der Waals surface area contributed by atoms with E-state index in [2.05, 4.69) is 4.74 Å². The van der Waals surface area contributed by atoms with Crippen LogP contribution in [0.5, 0.6) is 0 Å². The maximum absolute atomic E-state index is 10.5. The summed E-state index contributed by atoms with van der Waals surface area (Å²) in [6.45, 7) is -0.671. The van der Waals surface area contributed by atoms with Gasteiger partial charge in [-0.2, -0.15) is 0 Å². The Morgan fingerprint density at radius 3 is 2.12 bits per heavy atom. The number of ether oxygens (including phenoxy) is 1. The maximum atomic E-state index is 10.5. The first kappa shape index (κ1) is 18.4. The summed E-state index contributed by atoms with van der Waals surface area (Å²) in [5.41, 5.74) is 0. The Morgan fingerprint density at radius 1 is 1.47 bits per heavy atom. The molecule has 17 heavy (non-hydrogen) atoms. The van der Waals surface area contributed by atoms with Gasteiger partial charge in [-0.3, -0.25) is 0 Å². The maximum Gasteiger partial charge on any atom is 1.00 e. The first-order valence-electron chi connectivity index (χ1n) is 3.83. The molecule has 0 saturated carbocycles. The van der Waals surface area contributed by atoms with E-state index in [9.17, 15) is 4.79 Å². The number of esters is 1. The van der Waals surface area contributed by atoms with E-state index in [4.69, 9.17) is 35.4 Å². The van der Waals surface area contributed by atoms with Gasteiger partial charge in [0.25, 0.3) is 0 Å². The fraction of sp³-hybridized carbons (Fsp3) is 0.429. The van der Waals surface area contributed by atoms with Crippen molar-refractivity contribution in [2.75, 3.05) is 6.61 Å². The third kappa shape index (κ3) is 5.75. The van der Waals surface area contributed by atoms with E-state index >= 15 is 0 Å². The molecule has 0 saturated heterocycles. The number of rotatable bonds is 2. The van der Waals surface area contributed by atoms with Gasteiger partial charge < -0.3 is 40.2 Å². The molecule has 0 aromatic rings. The van der Waals surface area contributed by atoms with Crippen LogP contribution in [0.15, 0.2) is 11.5 Å².